The number of ether oxygens (including phenoxy) is 3. The van der Waals surface area contributed by atoms with E-state index in [4.69, 9.17) is 14.2 Å². The predicted molar refractivity (Wildman–Crippen MR) is 136 cm³/mol. The Morgan fingerprint density at radius 3 is 2.43 bits per heavy atom. The molecule has 1 aliphatic heterocycles. The zero-order valence-corrected chi connectivity index (χ0v) is 21.1. The molecule has 1 aromatic heterocycles. The third-order valence-corrected chi connectivity index (χ3v) is 6.50. The SMILES string of the molecule is COc1ccc(CN2CCC(O)(COc3ccc(C)cc3)CC2)cc1OCCCn1cc(C)cn1. The van der Waals surface area contributed by atoms with E-state index in [9.17, 15) is 5.11 Å². The molecule has 0 radical (unpaired) electrons. The maximum atomic E-state index is 11.0. The van der Waals surface area contributed by atoms with Crippen LogP contribution in [0.2, 0.25) is 0 Å². The lowest BCUT2D eigenvalue weighted by Gasteiger charge is -2.38. The second-order valence-corrected chi connectivity index (χ2v) is 9.57. The Morgan fingerprint density at radius 1 is 0.971 bits per heavy atom. The number of aromatic nitrogens is 2. The number of benzene rings is 2. The average molecular weight is 480 g/mol. The molecular formula is C28H37N3O4. The fourth-order valence-corrected chi connectivity index (χ4v) is 4.31. The molecular weight excluding hydrogens is 442 g/mol. The van der Waals surface area contributed by atoms with Crippen LogP contribution in [0.25, 0.3) is 0 Å². The van der Waals surface area contributed by atoms with Crippen LogP contribution in [0.5, 0.6) is 17.2 Å². The monoisotopic (exact) mass is 479 g/mol. The zero-order valence-electron chi connectivity index (χ0n) is 21.1. The molecule has 4 rings (SSSR count). The molecule has 1 saturated heterocycles. The van der Waals surface area contributed by atoms with E-state index in [1.165, 1.54) is 11.1 Å². The number of hydrogen-bond acceptors (Lipinski definition) is 6. The van der Waals surface area contributed by atoms with Crippen LogP contribution < -0.4 is 14.2 Å². The molecule has 7 heteroatoms. The number of aliphatic hydroxyl groups is 1. The molecule has 0 atom stereocenters. The summed E-state index contributed by atoms with van der Waals surface area (Å²) in [4.78, 5) is 2.37. The van der Waals surface area contributed by atoms with Crippen molar-refractivity contribution in [2.75, 3.05) is 33.4 Å². The highest BCUT2D eigenvalue weighted by Crippen LogP contribution is 2.30. The molecule has 1 fully saturated rings. The largest absolute Gasteiger partial charge is 0.493 e. The van der Waals surface area contributed by atoms with Crippen molar-refractivity contribution in [2.45, 2.75) is 51.8 Å². The van der Waals surface area contributed by atoms with Crippen LogP contribution in [0.1, 0.15) is 36.0 Å². The van der Waals surface area contributed by atoms with Gasteiger partial charge in [0.05, 0.1) is 19.9 Å². The van der Waals surface area contributed by atoms with Crippen molar-refractivity contribution < 1.29 is 19.3 Å². The van der Waals surface area contributed by atoms with Crippen molar-refractivity contribution in [3.63, 3.8) is 0 Å². The van der Waals surface area contributed by atoms with Gasteiger partial charge in [0.15, 0.2) is 11.5 Å². The highest BCUT2D eigenvalue weighted by atomic mass is 16.5. The Bertz CT molecular complexity index is 1070. The molecule has 0 aliphatic carbocycles. The molecule has 0 spiro atoms. The van der Waals surface area contributed by atoms with Crippen molar-refractivity contribution in [2.24, 2.45) is 0 Å². The van der Waals surface area contributed by atoms with Crippen LogP contribution >= 0.6 is 0 Å². The van der Waals surface area contributed by atoms with Crippen LogP contribution in [0.4, 0.5) is 0 Å². The van der Waals surface area contributed by atoms with Gasteiger partial charge < -0.3 is 19.3 Å². The highest BCUT2D eigenvalue weighted by Gasteiger charge is 2.33. The first-order chi connectivity index (χ1) is 16.9. The van der Waals surface area contributed by atoms with Crippen molar-refractivity contribution in [1.29, 1.82) is 0 Å². The van der Waals surface area contributed by atoms with Gasteiger partial charge in [0.25, 0.3) is 0 Å². The lowest BCUT2D eigenvalue weighted by atomic mass is 9.92. The summed E-state index contributed by atoms with van der Waals surface area (Å²) in [7, 11) is 1.67. The topological polar surface area (TPSA) is 69.0 Å². The maximum Gasteiger partial charge on any atom is 0.161 e. The summed E-state index contributed by atoms with van der Waals surface area (Å²) in [5.41, 5.74) is 2.74. The average Bonchev–Trinajstić information content (AvgIpc) is 3.28. The smallest absolute Gasteiger partial charge is 0.161 e. The van der Waals surface area contributed by atoms with Gasteiger partial charge in [0.1, 0.15) is 18.0 Å². The maximum absolute atomic E-state index is 11.0. The van der Waals surface area contributed by atoms with Gasteiger partial charge in [-0.25, -0.2) is 0 Å². The lowest BCUT2D eigenvalue weighted by Crippen LogP contribution is -2.47. The predicted octanol–water partition coefficient (Wildman–Crippen LogP) is 4.38. The van der Waals surface area contributed by atoms with E-state index >= 15 is 0 Å². The molecule has 2 heterocycles. The summed E-state index contributed by atoms with van der Waals surface area (Å²) in [5.74, 6) is 2.31. The molecule has 1 N–H and O–H groups in total. The highest BCUT2D eigenvalue weighted by molar-refractivity contribution is 5.43. The van der Waals surface area contributed by atoms with E-state index < -0.39 is 5.60 Å². The second-order valence-electron chi connectivity index (χ2n) is 9.57. The van der Waals surface area contributed by atoms with Gasteiger partial charge in [0, 0.05) is 38.8 Å². The third kappa shape index (κ3) is 7.23. The summed E-state index contributed by atoms with van der Waals surface area (Å²) in [5, 5.41) is 15.3. The molecule has 188 valence electrons. The van der Waals surface area contributed by atoms with E-state index in [0.29, 0.717) is 26.1 Å². The summed E-state index contributed by atoms with van der Waals surface area (Å²) in [6.07, 6.45) is 6.14. The summed E-state index contributed by atoms with van der Waals surface area (Å²) in [6.45, 7) is 8.27. The number of methoxy groups -OCH3 is 1. The first-order valence-corrected chi connectivity index (χ1v) is 12.4. The van der Waals surface area contributed by atoms with Crippen LogP contribution in [0.3, 0.4) is 0 Å². The quantitative estimate of drug-likeness (QED) is 0.412. The molecule has 0 unspecified atom stereocenters. The fourth-order valence-electron chi connectivity index (χ4n) is 4.31. The second kappa shape index (κ2) is 11.6. The Hall–Kier alpha value is -3.03. The van der Waals surface area contributed by atoms with Gasteiger partial charge >= 0.3 is 0 Å². The van der Waals surface area contributed by atoms with Gasteiger partial charge in [-0.1, -0.05) is 23.8 Å². The molecule has 7 nitrogen and oxygen atoms in total. The minimum Gasteiger partial charge on any atom is -0.493 e. The van der Waals surface area contributed by atoms with Crippen molar-refractivity contribution in [3.05, 3.63) is 71.5 Å². The van der Waals surface area contributed by atoms with Gasteiger partial charge in [-0.2, -0.15) is 5.10 Å². The lowest BCUT2D eigenvalue weighted by molar-refractivity contribution is -0.0537. The Kier molecular flexibility index (Phi) is 8.31. The summed E-state index contributed by atoms with van der Waals surface area (Å²) in [6, 6.07) is 14.1. The van der Waals surface area contributed by atoms with Gasteiger partial charge in [-0.15, -0.1) is 0 Å². The first-order valence-electron chi connectivity index (χ1n) is 12.4. The summed E-state index contributed by atoms with van der Waals surface area (Å²) < 4.78 is 19.4. The van der Waals surface area contributed by atoms with Crippen molar-refractivity contribution >= 4 is 0 Å². The molecule has 0 bridgehead atoms. The van der Waals surface area contributed by atoms with E-state index in [1.54, 1.807) is 7.11 Å². The minimum atomic E-state index is -0.789. The fraction of sp³-hybridized carbons (Fsp3) is 0.464. The molecule has 1 aliphatic rings. The van der Waals surface area contributed by atoms with Crippen molar-refractivity contribution in [1.82, 2.24) is 14.7 Å². The zero-order chi connectivity index (χ0) is 24.7. The number of hydrogen-bond donors (Lipinski definition) is 1. The number of nitrogens with zero attached hydrogens (tertiary/aromatic N) is 3. The van der Waals surface area contributed by atoms with Gasteiger partial charge in [0.2, 0.25) is 0 Å². The standard InChI is InChI=1S/C28H37N3O4/c1-22-5-8-25(9-6-22)35-21-28(32)11-14-30(15-12-28)20-24-7-10-26(33-3)27(17-24)34-16-4-13-31-19-23(2)18-29-31/h5-10,17-19,32H,4,11-16,20-21H2,1-3H3. The van der Waals surface area contributed by atoms with Crippen molar-refractivity contribution in [3.8, 4) is 17.2 Å². The Balaban J connectivity index is 1.25. The molecule has 2 aromatic carbocycles. The van der Waals surface area contributed by atoms with E-state index in [1.807, 2.05) is 54.3 Å². The summed E-state index contributed by atoms with van der Waals surface area (Å²) >= 11 is 0. The number of rotatable bonds is 11. The van der Waals surface area contributed by atoms with Crippen LogP contribution in [-0.4, -0.2) is 58.8 Å². The van der Waals surface area contributed by atoms with Crippen LogP contribution in [-0.2, 0) is 13.1 Å². The van der Waals surface area contributed by atoms with E-state index in [-0.39, 0.29) is 0 Å². The molecule has 0 saturated carbocycles. The first kappa shape index (κ1) is 25.1. The number of likely N-dealkylation sites (tertiary alicyclic amines) is 1. The number of piperidine rings is 1. The van der Waals surface area contributed by atoms with E-state index in [0.717, 1.165) is 55.4 Å². The Morgan fingerprint density at radius 2 is 1.74 bits per heavy atom. The van der Waals surface area contributed by atoms with Crippen LogP contribution in [0.15, 0.2) is 54.9 Å². The normalized spacial score (nSPS) is 15.7. The number of aryl methyl sites for hydroxylation is 3. The molecule has 3 aromatic rings. The van der Waals surface area contributed by atoms with Gasteiger partial charge in [-0.05, 0) is 62.1 Å². The van der Waals surface area contributed by atoms with E-state index in [2.05, 4.69) is 29.1 Å². The molecule has 0 amide bonds. The van der Waals surface area contributed by atoms with Crippen LogP contribution in [0, 0.1) is 13.8 Å². The van der Waals surface area contributed by atoms with Gasteiger partial charge in [-0.3, -0.25) is 9.58 Å². The third-order valence-electron chi connectivity index (χ3n) is 6.50. The molecule has 35 heavy (non-hydrogen) atoms. The Labute approximate surface area is 208 Å². The minimum absolute atomic E-state index is 0.322.